The molecule has 110 valence electrons. The van der Waals surface area contributed by atoms with E-state index in [4.69, 9.17) is 4.74 Å². The van der Waals surface area contributed by atoms with Crippen LogP contribution in [0.1, 0.15) is 30.6 Å². The number of hydrogen-bond donors (Lipinski definition) is 1. The van der Waals surface area contributed by atoms with E-state index in [2.05, 4.69) is 5.32 Å². The van der Waals surface area contributed by atoms with Gasteiger partial charge in [-0.3, -0.25) is 9.59 Å². The lowest BCUT2D eigenvalue weighted by Crippen LogP contribution is -2.37. The topological polar surface area (TPSA) is 58.6 Å². The van der Waals surface area contributed by atoms with E-state index < -0.39 is 0 Å². The van der Waals surface area contributed by atoms with Crippen LogP contribution in [-0.2, 0) is 9.53 Å². The second-order valence-electron chi connectivity index (χ2n) is 4.33. The average molecular weight is 278 g/mol. The molecule has 20 heavy (non-hydrogen) atoms. The number of ether oxygens (including phenoxy) is 1. The van der Waals surface area contributed by atoms with Crippen molar-refractivity contribution >= 4 is 17.6 Å². The first-order valence-electron chi connectivity index (χ1n) is 6.85. The third kappa shape index (κ3) is 4.26. The maximum Gasteiger partial charge on any atom is 0.325 e. The Kier molecular flexibility index (Phi) is 6.56. The Morgan fingerprint density at radius 3 is 2.55 bits per heavy atom. The predicted octanol–water partition coefficient (Wildman–Crippen LogP) is 2.14. The fourth-order valence-corrected chi connectivity index (χ4v) is 1.94. The Morgan fingerprint density at radius 1 is 1.25 bits per heavy atom. The minimum Gasteiger partial charge on any atom is -0.465 e. The fourth-order valence-electron chi connectivity index (χ4n) is 1.94. The quantitative estimate of drug-likeness (QED) is 0.776. The van der Waals surface area contributed by atoms with Crippen LogP contribution < -0.4 is 5.32 Å². The summed E-state index contributed by atoms with van der Waals surface area (Å²) < 4.78 is 4.91. The number of para-hydroxylation sites is 1. The molecule has 0 atom stereocenters. The molecule has 0 aliphatic carbocycles. The smallest absolute Gasteiger partial charge is 0.325 e. The van der Waals surface area contributed by atoms with Crippen LogP contribution in [0.5, 0.6) is 0 Å². The molecule has 1 amide bonds. The van der Waals surface area contributed by atoms with Crippen molar-refractivity contribution in [3.05, 3.63) is 29.8 Å². The van der Waals surface area contributed by atoms with Crippen molar-refractivity contribution < 1.29 is 14.3 Å². The molecule has 0 unspecified atom stereocenters. The van der Waals surface area contributed by atoms with E-state index in [1.807, 2.05) is 25.1 Å². The number of nitrogens with one attached hydrogen (secondary N) is 1. The van der Waals surface area contributed by atoms with E-state index in [9.17, 15) is 9.59 Å². The molecular weight excluding hydrogens is 256 g/mol. The van der Waals surface area contributed by atoms with Crippen LogP contribution in [0.15, 0.2) is 24.3 Å². The summed E-state index contributed by atoms with van der Waals surface area (Å²) in [7, 11) is 1.77. The Morgan fingerprint density at radius 2 is 1.95 bits per heavy atom. The molecule has 1 rings (SSSR count). The first-order chi connectivity index (χ1) is 9.63. The van der Waals surface area contributed by atoms with Crippen molar-refractivity contribution in [1.29, 1.82) is 0 Å². The highest BCUT2D eigenvalue weighted by Crippen LogP contribution is 2.16. The summed E-state index contributed by atoms with van der Waals surface area (Å²) in [5.41, 5.74) is 1.32. The van der Waals surface area contributed by atoms with Crippen LogP contribution in [0.3, 0.4) is 0 Å². The predicted molar refractivity (Wildman–Crippen MR) is 78.8 cm³/mol. The number of anilines is 1. The Hall–Kier alpha value is -2.04. The van der Waals surface area contributed by atoms with Gasteiger partial charge in [0.1, 0.15) is 6.54 Å². The van der Waals surface area contributed by atoms with E-state index in [0.717, 1.165) is 12.1 Å². The van der Waals surface area contributed by atoms with Crippen molar-refractivity contribution in [1.82, 2.24) is 4.90 Å². The molecule has 0 radical (unpaired) electrons. The van der Waals surface area contributed by atoms with Crippen LogP contribution in [-0.4, -0.2) is 43.5 Å². The van der Waals surface area contributed by atoms with E-state index in [1.165, 1.54) is 4.90 Å². The van der Waals surface area contributed by atoms with Gasteiger partial charge in [0.05, 0.1) is 12.2 Å². The number of hydrogen-bond acceptors (Lipinski definition) is 4. The molecule has 5 nitrogen and oxygen atoms in total. The van der Waals surface area contributed by atoms with Gasteiger partial charge in [-0.05, 0) is 25.5 Å². The molecule has 0 aromatic heterocycles. The van der Waals surface area contributed by atoms with Gasteiger partial charge in [-0.15, -0.1) is 0 Å². The molecule has 0 bridgehead atoms. The number of amides is 1. The summed E-state index contributed by atoms with van der Waals surface area (Å²) in [5.74, 6) is -0.541. The SMILES string of the molecule is CCCN(CC(=O)OCC)C(=O)c1ccccc1NC. The van der Waals surface area contributed by atoms with Crippen molar-refractivity contribution in [2.75, 3.05) is 32.1 Å². The fraction of sp³-hybridized carbons (Fsp3) is 0.467. The van der Waals surface area contributed by atoms with Gasteiger partial charge in [-0.1, -0.05) is 19.1 Å². The number of carbonyl (C=O) groups excluding carboxylic acids is 2. The zero-order valence-corrected chi connectivity index (χ0v) is 12.3. The third-order valence-electron chi connectivity index (χ3n) is 2.83. The van der Waals surface area contributed by atoms with Gasteiger partial charge in [0.2, 0.25) is 0 Å². The van der Waals surface area contributed by atoms with Gasteiger partial charge in [0, 0.05) is 19.3 Å². The Balaban J connectivity index is 2.90. The minimum absolute atomic E-state index is 0.0153. The van der Waals surface area contributed by atoms with Crippen molar-refractivity contribution in [3.63, 3.8) is 0 Å². The zero-order valence-electron chi connectivity index (χ0n) is 12.3. The number of nitrogens with zero attached hydrogens (tertiary/aromatic N) is 1. The first kappa shape index (κ1) is 16.0. The molecule has 0 spiro atoms. The Bertz CT molecular complexity index is 460. The van der Waals surface area contributed by atoms with Crippen molar-refractivity contribution in [2.45, 2.75) is 20.3 Å². The van der Waals surface area contributed by atoms with Gasteiger partial charge < -0.3 is 15.0 Å². The monoisotopic (exact) mass is 278 g/mol. The first-order valence-corrected chi connectivity index (χ1v) is 6.85. The molecule has 0 heterocycles. The standard InChI is InChI=1S/C15H22N2O3/c1-4-10-17(11-14(18)20-5-2)15(19)12-8-6-7-9-13(12)16-3/h6-9,16H,4-5,10-11H2,1-3H3. The van der Waals surface area contributed by atoms with Gasteiger partial charge in [0.25, 0.3) is 5.91 Å². The largest absolute Gasteiger partial charge is 0.465 e. The summed E-state index contributed by atoms with van der Waals surface area (Å²) >= 11 is 0. The number of carbonyl (C=O) groups is 2. The molecule has 0 aliphatic heterocycles. The summed E-state index contributed by atoms with van der Waals surface area (Å²) in [6.45, 7) is 4.55. The van der Waals surface area contributed by atoms with E-state index in [0.29, 0.717) is 18.7 Å². The number of esters is 1. The number of rotatable bonds is 7. The highest BCUT2D eigenvalue weighted by atomic mass is 16.5. The van der Waals surface area contributed by atoms with Gasteiger partial charge in [0.15, 0.2) is 0 Å². The maximum atomic E-state index is 12.5. The molecule has 1 aromatic carbocycles. The number of benzene rings is 1. The summed E-state index contributed by atoms with van der Waals surface area (Å²) in [6.07, 6.45) is 0.785. The molecule has 1 aromatic rings. The second kappa shape index (κ2) is 8.19. The lowest BCUT2D eigenvalue weighted by molar-refractivity contribution is -0.143. The highest BCUT2D eigenvalue weighted by Gasteiger charge is 2.20. The van der Waals surface area contributed by atoms with E-state index >= 15 is 0 Å². The van der Waals surface area contributed by atoms with Crippen LogP contribution in [0.25, 0.3) is 0 Å². The van der Waals surface area contributed by atoms with Crippen LogP contribution in [0, 0.1) is 0 Å². The molecule has 0 fully saturated rings. The maximum absolute atomic E-state index is 12.5. The van der Waals surface area contributed by atoms with Gasteiger partial charge in [-0.2, -0.15) is 0 Å². The lowest BCUT2D eigenvalue weighted by atomic mass is 10.1. The summed E-state index contributed by atoms with van der Waals surface area (Å²) in [6, 6.07) is 7.25. The molecule has 0 saturated carbocycles. The van der Waals surface area contributed by atoms with Crippen molar-refractivity contribution in [3.8, 4) is 0 Å². The highest BCUT2D eigenvalue weighted by molar-refractivity contribution is 6.00. The van der Waals surface area contributed by atoms with E-state index in [1.54, 1.807) is 20.0 Å². The minimum atomic E-state index is -0.378. The normalized spacial score (nSPS) is 9.95. The summed E-state index contributed by atoms with van der Waals surface area (Å²) in [5, 5.41) is 2.99. The Labute approximate surface area is 119 Å². The molecule has 0 saturated heterocycles. The van der Waals surface area contributed by atoms with Crippen LogP contribution in [0.2, 0.25) is 0 Å². The molecule has 0 aliphatic rings. The van der Waals surface area contributed by atoms with Gasteiger partial charge in [-0.25, -0.2) is 0 Å². The van der Waals surface area contributed by atoms with Crippen LogP contribution in [0.4, 0.5) is 5.69 Å². The van der Waals surface area contributed by atoms with Crippen molar-refractivity contribution in [2.24, 2.45) is 0 Å². The molecular formula is C15H22N2O3. The zero-order chi connectivity index (χ0) is 15.0. The van der Waals surface area contributed by atoms with Gasteiger partial charge >= 0.3 is 5.97 Å². The average Bonchev–Trinajstić information content (AvgIpc) is 2.46. The summed E-state index contributed by atoms with van der Waals surface area (Å²) in [4.78, 5) is 25.6. The lowest BCUT2D eigenvalue weighted by Gasteiger charge is -2.22. The third-order valence-corrected chi connectivity index (χ3v) is 2.83. The second-order valence-corrected chi connectivity index (χ2v) is 4.33. The van der Waals surface area contributed by atoms with Crippen LogP contribution >= 0.6 is 0 Å². The van der Waals surface area contributed by atoms with E-state index in [-0.39, 0.29) is 18.4 Å². The molecule has 1 N–H and O–H groups in total. The molecule has 5 heteroatoms.